The topological polar surface area (TPSA) is 77.2 Å². The van der Waals surface area contributed by atoms with Gasteiger partial charge >= 0.3 is 0 Å². The Labute approximate surface area is 174 Å². The Balaban J connectivity index is 1.32. The van der Waals surface area contributed by atoms with E-state index in [2.05, 4.69) is 21.5 Å². The van der Waals surface area contributed by atoms with Crippen molar-refractivity contribution < 1.29 is 14.1 Å². The molecule has 0 saturated heterocycles. The molecule has 3 aromatic rings. The van der Waals surface area contributed by atoms with E-state index in [0.717, 1.165) is 18.4 Å². The predicted molar refractivity (Wildman–Crippen MR) is 110 cm³/mol. The molecule has 0 spiro atoms. The van der Waals surface area contributed by atoms with Gasteiger partial charge in [0.25, 0.3) is 5.91 Å². The second kappa shape index (κ2) is 8.66. The van der Waals surface area contributed by atoms with Crippen LogP contribution >= 0.6 is 11.6 Å². The summed E-state index contributed by atoms with van der Waals surface area (Å²) in [5.74, 6) is 1.21. The van der Waals surface area contributed by atoms with Crippen molar-refractivity contribution in [3.63, 3.8) is 0 Å². The van der Waals surface area contributed by atoms with Gasteiger partial charge in [-0.05, 0) is 68.0 Å². The van der Waals surface area contributed by atoms with Gasteiger partial charge in [0, 0.05) is 10.6 Å². The standard InChI is InChI=1S/C22H22ClN3O3/c1-14(28-19-10-9-15-5-2-3-6-16(15)12-19)22(27)24-13-20-25-21(26-29-20)17-7-4-8-18(23)11-17/h4,7-12,14H,2-3,5-6,13H2,1H3,(H,24,27)/t14-/m0/s1. The van der Waals surface area contributed by atoms with Crippen LogP contribution in [0.2, 0.25) is 5.02 Å². The van der Waals surface area contributed by atoms with Crippen LogP contribution in [0.15, 0.2) is 47.0 Å². The highest BCUT2D eigenvalue weighted by molar-refractivity contribution is 6.30. The van der Waals surface area contributed by atoms with E-state index in [1.54, 1.807) is 19.1 Å². The van der Waals surface area contributed by atoms with Crippen LogP contribution in [0.1, 0.15) is 36.8 Å². The normalized spacial score (nSPS) is 14.1. The molecule has 4 rings (SSSR count). The van der Waals surface area contributed by atoms with Gasteiger partial charge in [0.15, 0.2) is 6.10 Å². The molecular weight excluding hydrogens is 390 g/mol. The minimum Gasteiger partial charge on any atom is -0.481 e. The zero-order valence-electron chi connectivity index (χ0n) is 16.2. The number of aryl methyl sites for hydroxylation is 2. The number of benzene rings is 2. The monoisotopic (exact) mass is 411 g/mol. The van der Waals surface area contributed by atoms with Crippen molar-refractivity contribution >= 4 is 17.5 Å². The first-order chi connectivity index (χ1) is 14.1. The molecule has 1 aromatic heterocycles. The van der Waals surface area contributed by atoms with E-state index in [0.29, 0.717) is 22.5 Å². The molecule has 0 aliphatic heterocycles. The molecule has 7 heteroatoms. The molecule has 29 heavy (non-hydrogen) atoms. The summed E-state index contributed by atoms with van der Waals surface area (Å²) in [7, 11) is 0. The molecule has 1 N–H and O–H groups in total. The minimum atomic E-state index is -0.632. The molecule has 6 nitrogen and oxygen atoms in total. The van der Waals surface area contributed by atoms with Crippen LogP contribution in [0.25, 0.3) is 11.4 Å². The molecule has 2 aromatic carbocycles. The fourth-order valence-corrected chi connectivity index (χ4v) is 3.61. The third-order valence-corrected chi connectivity index (χ3v) is 5.20. The Hall–Kier alpha value is -2.86. The number of ether oxygens (including phenoxy) is 1. The minimum absolute atomic E-state index is 0.129. The van der Waals surface area contributed by atoms with Crippen LogP contribution in [0, 0.1) is 0 Å². The van der Waals surface area contributed by atoms with Crippen molar-refractivity contribution in [2.75, 3.05) is 0 Å². The Morgan fingerprint density at radius 2 is 2.03 bits per heavy atom. The number of halogens is 1. The van der Waals surface area contributed by atoms with E-state index in [1.807, 2.05) is 24.3 Å². The lowest BCUT2D eigenvalue weighted by atomic mass is 9.92. The Bertz CT molecular complexity index is 1020. The number of aromatic nitrogens is 2. The molecule has 0 saturated carbocycles. The van der Waals surface area contributed by atoms with Gasteiger partial charge in [-0.2, -0.15) is 4.98 Å². The lowest BCUT2D eigenvalue weighted by Crippen LogP contribution is -2.36. The maximum atomic E-state index is 12.4. The molecule has 1 aliphatic rings. The van der Waals surface area contributed by atoms with Crippen LogP contribution in [0.5, 0.6) is 5.75 Å². The quantitative estimate of drug-likeness (QED) is 0.652. The number of carbonyl (C=O) groups is 1. The molecule has 150 valence electrons. The summed E-state index contributed by atoms with van der Waals surface area (Å²) in [4.78, 5) is 16.7. The first-order valence-corrected chi connectivity index (χ1v) is 10.1. The van der Waals surface area contributed by atoms with E-state index < -0.39 is 6.10 Å². The summed E-state index contributed by atoms with van der Waals surface area (Å²) in [6, 6.07) is 13.3. The second-order valence-electron chi connectivity index (χ2n) is 7.14. The molecule has 1 atom stereocenters. The number of rotatable bonds is 6. The summed E-state index contributed by atoms with van der Waals surface area (Å²) in [5, 5.41) is 7.30. The van der Waals surface area contributed by atoms with Gasteiger partial charge in [0.05, 0.1) is 6.54 Å². The van der Waals surface area contributed by atoms with Gasteiger partial charge in [0.1, 0.15) is 5.75 Å². The highest BCUT2D eigenvalue weighted by atomic mass is 35.5. The predicted octanol–water partition coefficient (Wildman–Crippen LogP) is 4.35. The summed E-state index contributed by atoms with van der Waals surface area (Å²) >= 11 is 5.99. The molecule has 0 unspecified atom stereocenters. The Morgan fingerprint density at radius 1 is 1.21 bits per heavy atom. The van der Waals surface area contributed by atoms with Crippen molar-refractivity contribution in [1.29, 1.82) is 0 Å². The average molecular weight is 412 g/mol. The number of fused-ring (bicyclic) bond motifs is 1. The highest BCUT2D eigenvalue weighted by Gasteiger charge is 2.18. The van der Waals surface area contributed by atoms with Gasteiger partial charge < -0.3 is 14.6 Å². The number of carbonyl (C=O) groups excluding carboxylic acids is 1. The molecule has 1 heterocycles. The van der Waals surface area contributed by atoms with Crippen molar-refractivity contribution in [3.05, 3.63) is 64.5 Å². The molecule has 1 amide bonds. The van der Waals surface area contributed by atoms with Gasteiger partial charge in [-0.3, -0.25) is 4.79 Å². The van der Waals surface area contributed by atoms with Crippen molar-refractivity contribution in [1.82, 2.24) is 15.5 Å². The molecule has 0 bridgehead atoms. The van der Waals surface area contributed by atoms with E-state index in [-0.39, 0.29) is 12.5 Å². The van der Waals surface area contributed by atoms with Gasteiger partial charge in [-0.1, -0.05) is 35.0 Å². The van der Waals surface area contributed by atoms with E-state index in [4.69, 9.17) is 20.9 Å². The zero-order valence-corrected chi connectivity index (χ0v) is 16.9. The van der Waals surface area contributed by atoms with Crippen LogP contribution in [0.4, 0.5) is 0 Å². The van der Waals surface area contributed by atoms with Crippen molar-refractivity contribution in [3.8, 4) is 17.1 Å². The number of amides is 1. The lowest BCUT2D eigenvalue weighted by molar-refractivity contribution is -0.127. The number of nitrogens with zero attached hydrogens (tertiary/aromatic N) is 2. The van der Waals surface area contributed by atoms with Gasteiger partial charge in [0.2, 0.25) is 11.7 Å². The number of nitrogens with one attached hydrogen (secondary N) is 1. The largest absolute Gasteiger partial charge is 0.481 e. The summed E-state index contributed by atoms with van der Waals surface area (Å²) in [6.07, 6.45) is 3.99. The third-order valence-electron chi connectivity index (χ3n) is 4.97. The number of hydrogen-bond donors (Lipinski definition) is 1. The van der Waals surface area contributed by atoms with Crippen molar-refractivity contribution in [2.24, 2.45) is 0 Å². The molecule has 1 aliphatic carbocycles. The van der Waals surface area contributed by atoms with Crippen molar-refractivity contribution in [2.45, 2.75) is 45.3 Å². The molecule has 0 radical (unpaired) electrons. The van der Waals surface area contributed by atoms with Crippen LogP contribution in [-0.2, 0) is 24.2 Å². The zero-order chi connectivity index (χ0) is 20.2. The Kier molecular flexibility index (Phi) is 5.81. The fourth-order valence-electron chi connectivity index (χ4n) is 3.42. The maximum Gasteiger partial charge on any atom is 0.261 e. The summed E-state index contributed by atoms with van der Waals surface area (Å²) < 4.78 is 11.0. The van der Waals surface area contributed by atoms with Crippen LogP contribution < -0.4 is 10.1 Å². The molecule has 0 fully saturated rings. The SMILES string of the molecule is C[C@H](Oc1ccc2c(c1)CCCC2)C(=O)NCc1nc(-c2cccc(Cl)c2)no1. The first kappa shape index (κ1) is 19.5. The first-order valence-electron chi connectivity index (χ1n) is 9.73. The summed E-state index contributed by atoms with van der Waals surface area (Å²) in [5.41, 5.74) is 3.45. The highest BCUT2D eigenvalue weighted by Crippen LogP contribution is 2.26. The maximum absolute atomic E-state index is 12.4. The smallest absolute Gasteiger partial charge is 0.261 e. The second-order valence-corrected chi connectivity index (χ2v) is 7.57. The van der Waals surface area contributed by atoms with Crippen LogP contribution in [0.3, 0.4) is 0 Å². The third kappa shape index (κ3) is 4.77. The average Bonchev–Trinajstić information content (AvgIpc) is 3.21. The van der Waals surface area contributed by atoms with E-state index in [9.17, 15) is 4.79 Å². The molecular formula is C22H22ClN3O3. The fraction of sp³-hybridized carbons (Fsp3) is 0.318. The van der Waals surface area contributed by atoms with Gasteiger partial charge in [-0.25, -0.2) is 0 Å². The van der Waals surface area contributed by atoms with E-state index in [1.165, 1.54) is 24.0 Å². The van der Waals surface area contributed by atoms with Gasteiger partial charge in [-0.15, -0.1) is 0 Å². The lowest BCUT2D eigenvalue weighted by Gasteiger charge is -2.19. The summed E-state index contributed by atoms with van der Waals surface area (Å²) in [6.45, 7) is 1.85. The number of hydrogen-bond acceptors (Lipinski definition) is 5. The van der Waals surface area contributed by atoms with Crippen LogP contribution in [-0.4, -0.2) is 22.2 Å². The van der Waals surface area contributed by atoms with E-state index >= 15 is 0 Å². The Morgan fingerprint density at radius 3 is 2.86 bits per heavy atom.